The van der Waals surface area contributed by atoms with Crippen LogP contribution in [0, 0.1) is 0 Å². The normalized spacial score (nSPS) is 12.6. The molecule has 0 atom stereocenters. The second kappa shape index (κ2) is 22.1. The Hall–Kier alpha value is -12.2. The van der Waals surface area contributed by atoms with Crippen molar-refractivity contribution in [1.29, 1.82) is 0 Å². The Bertz CT molecular complexity index is 6240. The maximum atomic E-state index is 2.71. The molecule has 0 fully saturated rings. The zero-order chi connectivity index (χ0) is 66.5. The fourth-order valence-electron chi connectivity index (χ4n) is 17.4. The second-order valence-electron chi connectivity index (χ2n) is 28.7. The van der Waals surface area contributed by atoms with Crippen molar-refractivity contribution in [2.45, 2.75) is 38.5 Å². The first-order valence-electron chi connectivity index (χ1n) is 35.2. The Labute approximate surface area is 582 Å². The molecule has 16 aromatic carbocycles. The van der Waals surface area contributed by atoms with Crippen molar-refractivity contribution < 1.29 is 0 Å². The molecule has 4 heterocycles. The van der Waals surface area contributed by atoms with Gasteiger partial charge < -0.3 is 14.0 Å². The molecular formula is C96H68BN3. The molecular weight excluding hydrogens is 1210 g/mol. The molecule has 0 aliphatic carbocycles. The summed E-state index contributed by atoms with van der Waals surface area (Å²) in [6.07, 6.45) is 0. The third-order valence-electron chi connectivity index (χ3n) is 22.6. The van der Waals surface area contributed by atoms with Gasteiger partial charge in [0, 0.05) is 71.5 Å². The highest BCUT2D eigenvalue weighted by atomic mass is 15.1. The smallest absolute Gasteiger partial charge is 0.252 e. The SMILES string of the molecule is CC(C)(c1ccccc1)c1ccc(N(c2ccc(C(C)(C)c3ccccc3)cc2)c2ccc3c(c2)c2ccccc2c2c4c5c(cc32)-n2c3ccc(-c6ccccc6)cc3c3cc(-c6ccccc6)cc(c32)B5c2cc(-c3ccccc3)cc3c5cc(-c6ccccc6)ccc5n-4c23)cc1. The Morgan fingerprint density at radius 2 is 0.640 bits per heavy atom. The molecule has 0 saturated carbocycles. The number of rotatable bonds is 11. The van der Waals surface area contributed by atoms with Crippen molar-refractivity contribution in [2.75, 3.05) is 4.90 Å². The van der Waals surface area contributed by atoms with Gasteiger partial charge in [-0.25, -0.2) is 0 Å². The molecule has 0 spiro atoms. The molecule has 0 saturated heterocycles. The Morgan fingerprint density at radius 3 is 1.12 bits per heavy atom. The lowest BCUT2D eigenvalue weighted by Gasteiger charge is -2.35. The molecule has 0 unspecified atom stereocenters. The van der Waals surface area contributed by atoms with Crippen LogP contribution >= 0.6 is 0 Å². The monoisotopic (exact) mass is 1270 g/mol. The Balaban J connectivity index is 0.897. The summed E-state index contributed by atoms with van der Waals surface area (Å²) >= 11 is 0. The van der Waals surface area contributed by atoms with E-state index in [1.54, 1.807) is 0 Å². The highest BCUT2D eigenvalue weighted by Gasteiger charge is 2.43. The fraction of sp³-hybridized carbons (Fsp3) is 0.0625. The van der Waals surface area contributed by atoms with Crippen molar-refractivity contribution in [3.63, 3.8) is 0 Å². The lowest BCUT2D eigenvalue weighted by atomic mass is 9.34. The number of fused-ring (bicyclic) bond motifs is 17. The van der Waals surface area contributed by atoms with Crippen LogP contribution < -0.4 is 21.3 Å². The highest BCUT2D eigenvalue weighted by molar-refractivity contribution is 7.00. The minimum absolute atomic E-state index is 0.151. The summed E-state index contributed by atoms with van der Waals surface area (Å²) in [7, 11) is 0. The van der Waals surface area contributed by atoms with Gasteiger partial charge in [-0.1, -0.05) is 289 Å². The number of nitrogens with zero attached hydrogens (tertiary/aromatic N) is 3. The molecule has 3 nitrogen and oxygen atoms in total. The topological polar surface area (TPSA) is 13.1 Å². The van der Waals surface area contributed by atoms with E-state index in [9.17, 15) is 0 Å². The van der Waals surface area contributed by atoms with Gasteiger partial charge in [-0.15, -0.1) is 0 Å². The predicted octanol–water partition coefficient (Wildman–Crippen LogP) is 23.3. The molecule has 2 aliphatic heterocycles. The quantitative estimate of drug-likeness (QED) is 0.0929. The number of benzene rings is 16. The standard InChI is InChI=1S/C96H68BN3/c1-95(2,69-33-19-9-20-34-69)71-41-45-73(46-42-71)98(74-47-43-72(44-48-74)96(3,4)70-35-21-10-22-36-70)75-49-50-77-79(59-75)76-37-23-24-38-78(76)90-82(77)60-89-91-94(90)100-88-52-40-66(62-27-13-6-14-28-62)54-81(88)84-56-68(64-31-17-8-18-32-64)58-86(93(84)100)97(91)85-57-67(63-29-15-7-16-30-63)55-83-80-53-65(61-25-11-5-12-26-61)39-51-87(80)99(89)92(83)85/h5-60H,1-4H3. The van der Waals surface area contributed by atoms with Crippen LogP contribution in [0.4, 0.5) is 17.1 Å². The van der Waals surface area contributed by atoms with Crippen LogP contribution in [0.5, 0.6) is 0 Å². The number of anilines is 3. The molecule has 20 rings (SSSR count). The van der Waals surface area contributed by atoms with Crippen LogP contribution in [0.25, 0.3) is 132 Å². The molecule has 0 radical (unpaired) electrons. The van der Waals surface area contributed by atoms with E-state index in [0.717, 1.165) is 17.1 Å². The average Bonchev–Trinajstić information content (AvgIpc) is 1.40. The largest absolute Gasteiger partial charge is 0.310 e. The van der Waals surface area contributed by atoms with E-state index >= 15 is 0 Å². The van der Waals surface area contributed by atoms with Gasteiger partial charge in [0.1, 0.15) is 0 Å². The summed E-state index contributed by atoms with van der Waals surface area (Å²) in [5.74, 6) is 0. The zero-order valence-corrected chi connectivity index (χ0v) is 56.3. The summed E-state index contributed by atoms with van der Waals surface area (Å²) in [5, 5.41) is 12.3. The first-order valence-corrected chi connectivity index (χ1v) is 35.2. The van der Waals surface area contributed by atoms with Gasteiger partial charge in [-0.3, -0.25) is 0 Å². The Kier molecular flexibility index (Phi) is 12.8. The van der Waals surface area contributed by atoms with Crippen molar-refractivity contribution in [2.24, 2.45) is 0 Å². The predicted molar refractivity (Wildman–Crippen MR) is 426 cm³/mol. The summed E-state index contributed by atoms with van der Waals surface area (Å²) in [4.78, 5) is 2.47. The van der Waals surface area contributed by atoms with Gasteiger partial charge in [0.05, 0.1) is 16.7 Å². The zero-order valence-electron chi connectivity index (χ0n) is 56.3. The molecule has 470 valence electrons. The van der Waals surface area contributed by atoms with Crippen molar-refractivity contribution in [3.8, 4) is 55.9 Å². The maximum Gasteiger partial charge on any atom is 0.252 e. The van der Waals surface area contributed by atoms with Crippen molar-refractivity contribution in [3.05, 3.63) is 362 Å². The van der Waals surface area contributed by atoms with Gasteiger partial charge in [-0.05, 0) is 189 Å². The first kappa shape index (κ1) is 58.0. The summed E-state index contributed by atoms with van der Waals surface area (Å²) in [6, 6.07) is 128. The number of hydrogen-bond acceptors (Lipinski definition) is 1. The molecule has 100 heavy (non-hydrogen) atoms. The van der Waals surface area contributed by atoms with Gasteiger partial charge in [0.2, 0.25) is 0 Å². The lowest BCUT2D eigenvalue weighted by molar-refractivity contribution is 0.641. The van der Waals surface area contributed by atoms with E-state index in [1.807, 2.05) is 0 Å². The van der Waals surface area contributed by atoms with Crippen LogP contribution in [-0.4, -0.2) is 15.8 Å². The minimum atomic E-state index is -0.204. The molecule has 0 amide bonds. The molecule has 2 aliphatic rings. The van der Waals surface area contributed by atoms with Crippen molar-refractivity contribution in [1.82, 2.24) is 9.13 Å². The van der Waals surface area contributed by atoms with Gasteiger partial charge in [0.15, 0.2) is 0 Å². The molecule has 2 aromatic heterocycles. The van der Waals surface area contributed by atoms with Crippen LogP contribution in [0.1, 0.15) is 49.9 Å². The van der Waals surface area contributed by atoms with Crippen LogP contribution in [0.15, 0.2) is 340 Å². The molecule has 4 heteroatoms. The van der Waals surface area contributed by atoms with E-state index in [-0.39, 0.29) is 17.5 Å². The van der Waals surface area contributed by atoms with Crippen LogP contribution in [-0.2, 0) is 10.8 Å². The highest BCUT2D eigenvalue weighted by Crippen LogP contribution is 2.50. The van der Waals surface area contributed by atoms with E-state index in [0.29, 0.717) is 0 Å². The van der Waals surface area contributed by atoms with E-state index in [2.05, 4.69) is 381 Å². The van der Waals surface area contributed by atoms with E-state index in [4.69, 9.17) is 0 Å². The summed E-state index contributed by atoms with van der Waals surface area (Å²) < 4.78 is 5.38. The average molecular weight is 1270 g/mol. The van der Waals surface area contributed by atoms with Gasteiger partial charge in [-0.2, -0.15) is 0 Å². The second-order valence-corrected chi connectivity index (χ2v) is 28.7. The first-order chi connectivity index (χ1) is 49.1. The summed E-state index contributed by atoms with van der Waals surface area (Å²) in [5.41, 5.74) is 29.0. The lowest BCUT2D eigenvalue weighted by Crippen LogP contribution is -2.59. The van der Waals surface area contributed by atoms with Crippen molar-refractivity contribution >= 4 is 116 Å². The maximum absolute atomic E-state index is 2.71. The number of aromatic nitrogens is 2. The summed E-state index contributed by atoms with van der Waals surface area (Å²) in [6.45, 7) is 9.18. The molecule has 18 aromatic rings. The van der Waals surface area contributed by atoms with E-state index in [1.165, 1.54) is 170 Å². The van der Waals surface area contributed by atoms with E-state index < -0.39 is 0 Å². The van der Waals surface area contributed by atoms with Gasteiger partial charge in [0.25, 0.3) is 6.71 Å². The Morgan fingerprint density at radius 1 is 0.260 bits per heavy atom. The number of hydrogen-bond donors (Lipinski definition) is 0. The third-order valence-corrected chi connectivity index (χ3v) is 22.6. The van der Waals surface area contributed by atoms with Crippen LogP contribution in [0.3, 0.4) is 0 Å². The van der Waals surface area contributed by atoms with Gasteiger partial charge >= 0.3 is 0 Å². The van der Waals surface area contributed by atoms with Crippen LogP contribution in [0.2, 0.25) is 0 Å². The third kappa shape index (κ3) is 8.72. The molecule has 0 bridgehead atoms. The molecule has 0 N–H and O–H groups in total. The fourth-order valence-corrected chi connectivity index (χ4v) is 17.4. The minimum Gasteiger partial charge on any atom is -0.310 e.